The smallest absolute Gasteiger partial charge is 0.262 e. The Morgan fingerprint density at radius 3 is 2.77 bits per heavy atom. The van der Waals surface area contributed by atoms with Crippen molar-refractivity contribution in [2.75, 3.05) is 0 Å². The average molecular weight is 601 g/mol. The molecule has 0 spiro atoms. The van der Waals surface area contributed by atoms with Gasteiger partial charge in [-0.2, -0.15) is 0 Å². The first-order valence-electron chi connectivity index (χ1n) is 13.5. The highest BCUT2D eigenvalue weighted by Gasteiger charge is 2.45. The fourth-order valence-electron chi connectivity index (χ4n) is 6.18. The zero-order valence-electron chi connectivity index (χ0n) is 21.8. The molecular weight excluding hydrogens is 569 g/mol. The Balaban J connectivity index is 1.19. The van der Waals surface area contributed by atoms with Crippen molar-refractivity contribution in [3.05, 3.63) is 64.3 Å². The number of benzene rings is 1. The highest BCUT2D eigenvalue weighted by molar-refractivity contribution is 8.10. The number of nitrogens with one attached hydrogen (secondary N) is 1. The molecule has 210 valence electrons. The number of aromatic nitrogens is 1. The van der Waals surface area contributed by atoms with Crippen LogP contribution >= 0.6 is 28.1 Å². The number of nitrogens with zero attached hydrogens (tertiary/aromatic N) is 3. The topological polar surface area (TPSA) is 103 Å². The first kappa shape index (κ1) is 27.6. The van der Waals surface area contributed by atoms with Crippen LogP contribution in [0.15, 0.2) is 42.6 Å². The Hall–Kier alpha value is -2.51. The summed E-state index contributed by atoms with van der Waals surface area (Å²) in [5.41, 5.74) is 2.30. The molecule has 3 aromatic rings. The summed E-state index contributed by atoms with van der Waals surface area (Å²) >= 11 is 1.28. The number of alkyl halides is 1. The van der Waals surface area contributed by atoms with Crippen LogP contribution in [-0.4, -0.2) is 55.5 Å². The van der Waals surface area contributed by atoms with Gasteiger partial charge in [-0.1, -0.05) is 33.9 Å². The standard InChI is InChI=1S/C28H31FN4O4P2S/c29-25(39(37)38)16-7-10-23-18(12-16)13-24(40-23)26(34)31-20-6-2-1-5-19-8-9-22(33(19)27(20)35)28(36)32-14-17-4-3-11-30-21(17)15-32/h3-4,7,10-13,19-20,22,25,37H,1-2,5-6,8-9,14-15,38H2,(H,31,34)/t19-,20-,22-,25?,39?/m0/s1. The predicted molar refractivity (Wildman–Crippen MR) is 156 cm³/mol. The average Bonchev–Trinajstić information content (AvgIpc) is 3.68. The van der Waals surface area contributed by atoms with Gasteiger partial charge in [0, 0.05) is 23.5 Å². The fourth-order valence-corrected chi connectivity index (χ4v) is 8.11. The summed E-state index contributed by atoms with van der Waals surface area (Å²) in [6.07, 6.45) is 6.26. The predicted octanol–water partition coefficient (Wildman–Crippen LogP) is 5.02. The van der Waals surface area contributed by atoms with Crippen LogP contribution in [0.1, 0.15) is 70.9 Å². The Morgan fingerprint density at radius 1 is 1.15 bits per heavy atom. The molecule has 8 nitrogen and oxygen atoms in total. The number of carbonyl (C=O) groups excluding carboxylic acids is 3. The maximum atomic E-state index is 14.3. The highest BCUT2D eigenvalue weighted by atomic mass is 32.1. The molecule has 40 heavy (non-hydrogen) atoms. The van der Waals surface area contributed by atoms with Gasteiger partial charge in [0.05, 0.1) is 25.0 Å². The number of rotatable bonds is 5. The van der Waals surface area contributed by atoms with Crippen molar-refractivity contribution in [2.45, 2.75) is 75.7 Å². The van der Waals surface area contributed by atoms with Crippen LogP contribution in [0.2, 0.25) is 0 Å². The lowest BCUT2D eigenvalue weighted by Gasteiger charge is -2.36. The van der Waals surface area contributed by atoms with Crippen molar-refractivity contribution in [1.82, 2.24) is 20.1 Å². The second-order valence-electron chi connectivity index (χ2n) is 10.7. The number of carbonyl (C=O) groups is 3. The van der Waals surface area contributed by atoms with Crippen LogP contribution in [0, 0.1) is 0 Å². The molecule has 2 N–H and O–H groups in total. The first-order valence-corrected chi connectivity index (χ1v) is 17.3. The van der Waals surface area contributed by atoms with Gasteiger partial charge in [-0.25, -0.2) is 4.39 Å². The molecule has 1 aromatic carbocycles. The Bertz CT molecular complexity index is 1440. The van der Waals surface area contributed by atoms with Crippen LogP contribution < -0.4 is 5.32 Å². The number of halogens is 1. The van der Waals surface area contributed by atoms with Crippen molar-refractivity contribution in [3.8, 4) is 0 Å². The zero-order valence-corrected chi connectivity index (χ0v) is 24.7. The zero-order chi connectivity index (χ0) is 28.0. The molecule has 0 bridgehead atoms. The van der Waals surface area contributed by atoms with Crippen LogP contribution in [-0.2, 0) is 22.7 Å². The number of fused-ring (bicyclic) bond motifs is 3. The van der Waals surface area contributed by atoms with Crippen LogP contribution in [0.3, 0.4) is 0 Å². The summed E-state index contributed by atoms with van der Waals surface area (Å²) < 4.78 is 15.2. The molecule has 12 heteroatoms. The van der Waals surface area contributed by atoms with E-state index in [9.17, 15) is 23.7 Å². The highest BCUT2D eigenvalue weighted by Crippen LogP contribution is 2.55. The lowest BCUT2D eigenvalue weighted by molar-refractivity contribution is -0.147. The summed E-state index contributed by atoms with van der Waals surface area (Å²) in [6.45, 7) is 0.950. The quantitative estimate of drug-likeness (QED) is 0.401. The van der Waals surface area contributed by atoms with Gasteiger partial charge in [-0.3, -0.25) is 19.4 Å². The molecule has 5 heterocycles. The maximum absolute atomic E-state index is 14.3. The van der Waals surface area contributed by atoms with Gasteiger partial charge in [0.15, 0.2) is 5.91 Å². The van der Waals surface area contributed by atoms with Crippen LogP contribution in [0.25, 0.3) is 10.1 Å². The maximum Gasteiger partial charge on any atom is 0.262 e. The van der Waals surface area contributed by atoms with Crippen molar-refractivity contribution in [2.24, 2.45) is 0 Å². The van der Waals surface area contributed by atoms with Gasteiger partial charge in [-0.15, -0.1) is 11.3 Å². The molecule has 3 aliphatic rings. The van der Waals surface area contributed by atoms with Crippen molar-refractivity contribution in [3.63, 3.8) is 0 Å². The molecule has 0 radical (unpaired) electrons. The van der Waals surface area contributed by atoms with E-state index in [0.717, 1.165) is 41.6 Å². The van der Waals surface area contributed by atoms with Gasteiger partial charge >= 0.3 is 0 Å². The molecular formula is C28H31FN4O4P2S. The van der Waals surface area contributed by atoms with E-state index in [1.807, 2.05) is 12.1 Å². The Kier molecular flexibility index (Phi) is 7.88. The Morgan fingerprint density at radius 2 is 1.98 bits per heavy atom. The summed E-state index contributed by atoms with van der Waals surface area (Å²) in [5, 5.41) is 3.67. The van der Waals surface area contributed by atoms with E-state index in [2.05, 4.69) is 19.2 Å². The van der Waals surface area contributed by atoms with Crippen LogP contribution in [0.5, 0.6) is 0 Å². The molecule has 2 saturated heterocycles. The summed E-state index contributed by atoms with van der Waals surface area (Å²) in [5.74, 6) is -2.08. The minimum absolute atomic E-state index is 0.00520. The lowest BCUT2D eigenvalue weighted by Crippen LogP contribution is -2.56. The first-order chi connectivity index (χ1) is 19.3. The van der Waals surface area contributed by atoms with Crippen molar-refractivity contribution >= 4 is 55.9 Å². The van der Waals surface area contributed by atoms with Gasteiger partial charge in [0.1, 0.15) is 12.1 Å². The largest absolute Gasteiger partial charge is 0.367 e. The third-order valence-electron chi connectivity index (χ3n) is 8.20. The number of thiophene rings is 1. The number of hydrogen-bond donors (Lipinski definition) is 2. The van der Waals surface area contributed by atoms with Gasteiger partial charge in [0.25, 0.3) is 5.91 Å². The van der Waals surface area contributed by atoms with E-state index in [1.165, 1.54) is 11.3 Å². The summed E-state index contributed by atoms with van der Waals surface area (Å²) in [6, 6.07) is 9.33. The minimum Gasteiger partial charge on any atom is -0.367 e. The monoisotopic (exact) mass is 600 g/mol. The number of amides is 3. The van der Waals surface area contributed by atoms with Gasteiger partial charge < -0.3 is 20.0 Å². The normalized spacial score (nSPS) is 24.3. The number of pyridine rings is 1. The molecule has 3 amide bonds. The molecule has 6 rings (SSSR count). The second-order valence-corrected chi connectivity index (χ2v) is 14.6. The third kappa shape index (κ3) is 5.27. The molecule has 0 saturated carbocycles. The van der Waals surface area contributed by atoms with E-state index in [1.54, 1.807) is 40.3 Å². The molecule has 3 aliphatic heterocycles. The minimum atomic E-state index is -1.85. The number of hydrogen-bond acceptors (Lipinski definition) is 6. The molecule has 2 aromatic heterocycles. The van der Waals surface area contributed by atoms with E-state index >= 15 is 0 Å². The Labute approximate surface area is 239 Å². The summed E-state index contributed by atoms with van der Waals surface area (Å²) in [4.78, 5) is 58.9. The second kappa shape index (κ2) is 11.4. The van der Waals surface area contributed by atoms with Crippen molar-refractivity contribution < 1.29 is 23.7 Å². The SMILES string of the molecule is O=C(N[C@H]1CCCC[C@H]2CC[C@@H](C(=O)N3Cc4cccnc4C3)N2C1=O)c1cc2cc(C(F)P(O)P)ccc2s1. The summed E-state index contributed by atoms with van der Waals surface area (Å²) in [7, 11) is 0.265. The van der Waals surface area contributed by atoms with Gasteiger partial charge in [-0.05, 0) is 66.5 Å². The van der Waals surface area contributed by atoms with E-state index in [-0.39, 0.29) is 23.8 Å². The van der Waals surface area contributed by atoms with Crippen LogP contribution in [0.4, 0.5) is 4.39 Å². The molecule has 6 atom stereocenters. The molecule has 2 fully saturated rings. The van der Waals surface area contributed by atoms with Crippen molar-refractivity contribution in [1.29, 1.82) is 0 Å². The molecule has 0 aliphatic carbocycles. The van der Waals surface area contributed by atoms with Gasteiger partial charge in [0.2, 0.25) is 11.8 Å². The van der Waals surface area contributed by atoms with E-state index in [0.29, 0.717) is 41.8 Å². The fraction of sp³-hybridized carbons (Fsp3) is 0.429. The van der Waals surface area contributed by atoms with E-state index < -0.39 is 25.8 Å². The molecule has 3 unspecified atom stereocenters. The lowest BCUT2D eigenvalue weighted by atomic mass is 9.99. The third-order valence-corrected chi connectivity index (χ3v) is 10.9. The van der Waals surface area contributed by atoms with E-state index in [4.69, 9.17) is 0 Å².